The Morgan fingerprint density at radius 2 is 2.06 bits per heavy atom. The average molecular weight is 256 g/mol. The van der Waals surface area contributed by atoms with E-state index in [0.29, 0.717) is 21.0 Å². The van der Waals surface area contributed by atoms with Gasteiger partial charge in [0.25, 0.3) is 5.19 Å². The second kappa shape index (κ2) is 4.82. The molecule has 0 saturated carbocycles. The van der Waals surface area contributed by atoms with Crippen molar-refractivity contribution < 1.29 is 9.84 Å². The van der Waals surface area contributed by atoms with Crippen LogP contribution in [0, 0.1) is 6.92 Å². The highest BCUT2D eigenvalue weighted by Crippen LogP contribution is 2.31. The van der Waals surface area contributed by atoms with Gasteiger partial charge in [-0.05, 0) is 19.1 Å². The maximum Gasteiger partial charge on any atom is 0.280 e. The summed E-state index contributed by atoms with van der Waals surface area (Å²) >= 11 is 7.04. The fourth-order valence-electron chi connectivity index (χ4n) is 1.16. The Morgan fingerprint density at radius 1 is 1.38 bits per heavy atom. The molecule has 0 aliphatic heterocycles. The van der Waals surface area contributed by atoms with E-state index in [-0.39, 0.29) is 6.61 Å². The average Bonchev–Trinajstić information content (AvgIpc) is 2.62. The van der Waals surface area contributed by atoms with Crippen LogP contribution in [0.15, 0.2) is 24.3 Å². The molecule has 0 unspecified atom stereocenters. The highest BCUT2D eigenvalue weighted by Gasteiger charge is 2.09. The zero-order valence-corrected chi connectivity index (χ0v) is 10.2. The number of aryl methyl sites for hydroxylation is 1. The molecule has 1 heterocycles. The first-order chi connectivity index (χ1) is 7.69. The summed E-state index contributed by atoms with van der Waals surface area (Å²) in [5, 5.41) is 9.71. The van der Waals surface area contributed by atoms with Gasteiger partial charge in [0.1, 0.15) is 10.9 Å². The highest BCUT2D eigenvalue weighted by molar-refractivity contribution is 7.13. The van der Waals surface area contributed by atoms with Crippen LogP contribution in [0.25, 0.3) is 0 Å². The molecule has 84 valence electrons. The van der Waals surface area contributed by atoms with Gasteiger partial charge in [-0.25, -0.2) is 0 Å². The fraction of sp³-hybridized carbons (Fsp3) is 0.182. The van der Waals surface area contributed by atoms with Crippen molar-refractivity contribution in [1.29, 1.82) is 0 Å². The molecule has 0 atom stereocenters. The lowest BCUT2D eigenvalue weighted by atomic mass is 10.2. The topological polar surface area (TPSA) is 42.4 Å². The number of aliphatic hydroxyl groups is 1. The first kappa shape index (κ1) is 11.4. The molecule has 1 N–H and O–H groups in total. The van der Waals surface area contributed by atoms with Crippen LogP contribution in [0.4, 0.5) is 0 Å². The summed E-state index contributed by atoms with van der Waals surface area (Å²) in [6.07, 6.45) is 0. The lowest BCUT2D eigenvalue weighted by Gasteiger charge is -2.00. The van der Waals surface area contributed by atoms with E-state index in [1.807, 2.05) is 31.2 Å². The predicted molar refractivity (Wildman–Crippen MR) is 64.3 cm³/mol. The van der Waals surface area contributed by atoms with Crippen LogP contribution in [0.1, 0.15) is 10.4 Å². The Kier molecular flexibility index (Phi) is 3.43. The largest absolute Gasteiger partial charge is 0.431 e. The Morgan fingerprint density at radius 3 is 2.62 bits per heavy atom. The number of aliphatic hydroxyl groups excluding tert-OH is 1. The molecule has 0 spiro atoms. The number of benzene rings is 1. The molecular weight excluding hydrogens is 246 g/mol. The van der Waals surface area contributed by atoms with E-state index in [1.54, 1.807) is 0 Å². The smallest absolute Gasteiger partial charge is 0.280 e. The van der Waals surface area contributed by atoms with Crippen molar-refractivity contribution in [1.82, 2.24) is 4.98 Å². The quantitative estimate of drug-likeness (QED) is 0.914. The molecule has 3 nitrogen and oxygen atoms in total. The molecule has 1 aromatic heterocycles. The van der Waals surface area contributed by atoms with Crippen LogP contribution in [0.5, 0.6) is 10.9 Å². The number of hydrogen-bond acceptors (Lipinski definition) is 4. The lowest BCUT2D eigenvalue weighted by molar-refractivity contribution is 0.285. The van der Waals surface area contributed by atoms with E-state index in [2.05, 4.69) is 4.98 Å². The molecule has 0 radical (unpaired) electrons. The zero-order valence-electron chi connectivity index (χ0n) is 8.61. The summed E-state index contributed by atoms with van der Waals surface area (Å²) < 4.78 is 5.51. The Bertz CT molecular complexity index is 481. The second-order valence-electron chi connectivity index (χ2n) is 3.27. The van der Waals surface area contributed by atoms with Gasteiger partial charge in [0.15, 0.2) is 0 Å². The zero-order chi connectivity index (χ0) is 11.5. The number of rotatable bonds is 3. The van der Waals surface area contributed by atoms with E-state index in [1.165, 1.54) is 16.9 Å². The van der Waals surface area contributed by atoms with Crippen molar-refractivity contribution in [2.75, 3.05) is 0 Å². The van der Waals surface area contributed by atoms with Gasteiger partial charge in [-0.15, -0.1) is 0 Å². The van der Waals surface area contributed by atoms with Crippen LogP contribution in [0.3, 0.4) is 0 Å². The van der Waals surface area contributed by atoms with Crippen LogP contribution >= 0.6 is 22.9 Å². The van der Waals surface area contributed by atoms with Gasteiger partial charge in [-0.2, -0.15) is 4.98 Å². The number of aromatic nitrogens is 1. The van der Waals surface area contributed by atoms with E-state index < -0.39 is 0 Å². The number of ether oxygens (including phenoxy) is 1. The van der Waals surface area contributed by atoms with E-state index in [4.69, 9.17) is 21.4 Å². The normalized spacial score (nSPS) is 10.4. The van der Waals surface area contributed by atoms with E-state index in [9.17, 15) is 0 Å². The molecule has 5 heteroatoms. The van der Waals surface area contributed by atoms with Crippen molar-refractivity contribution in [3.05, 3.63) is 39.9 Å². The molecule has 0 fully saturated rings. The number of halogens is 1. The number of hydrogen-bond donors (Lipinski definition) is 1. The molecule has 0 aliphatic carbocycles. The molecule has 0 saturated heterocycles. The number of thiazole rings is 1. The van der Waals surface area contributed by atoms with Crippen molar-refractivity contribution >= 4 is 22.9 Å². The maximum atomic E-state index is 8.96. The van der Waals surface area contributed by atoms with Gasteiger partial charge in [0.2, 0.25) is 0 Å². The van der Waals surface area contributed by atoms with Crippen LogP contribution in [0.2, 0.25) is 5.15 Å². The summed E-state index contributed by atoms with van der Waals surface area (Å²) in [5.41, 5.74) is 1.17. The predicted octanol–water partition coefficient (Wildman–Crippen LogP) is 3.39. The molecule has 0 amide bonds. The third kappa shape index (κ3) is 2.52. The summed E-state index contributed by atoms with van der Waals surface area (Å²) in [5.74, 6) is 0.709. The van der Waals surface area contributed by atoms with Gasteiger partial charge in [0, 0.05) is 0 Å². The Labute approximate surface area is 102 Å². The van der Waals surface area contributed by atoms with Crippen LogP contribution < -0.4 is 4.74 Å². The van der Waals surface area contributed by atoms with Crippen molar-refractivity contribution in [2.45, 2.75) is 13.5 Å². The Balaban J connectivity index is 2.17. The molecule has 2 rings (SSSR count). The van der Waals surface area contributed by atoms with Crippen molar-refractivity contribution in [2.24, 2.45) is 0 Å². The highest BCUT2D eigenvalue weighted by atomic mass is 35.5. The first-order valence-corrected chi connectivity index (χ1v) is 5.89. The van der Waals surface area contributed by atoms with Crippen molar-refractivity contribution in [3.8, 4) is 10.9 Å². The standard InChI is InChI=1S/C11H10ClNO2S/c1-7-2-4-8(5-3-7)15-11-13-10(12)9(6-14)16-11/h2-5,14H,6H2,1H3. The molecule has 2 aromatic rings. The second-order valence-corrected chi connectivity index (χ2v) is 4.67. The molecule has 0 bridgehead atoms. The maximum absolute atomic E-state index is 8.96. The summed E-state index contributed by atoms with van der Waals surface area (Å²) in [4.78, 5) is 4.62. The van der Waals surface area contributed by atoms with Gasteiger partial charge in [-0.1, -0.05) is 40.6 Å². The minimum atomic E-state index is -0.117. The van der Waals surface area contributed by atoms with Crippen molar-refractivity contribution in [3.63, 3.8) is 0 Å². The van der Waals surface area contributed by atoms with Gasteiger partial charge >= 0.3 is 0 Å². The summed E-state index contributed by atoms with van der Waals surface area (Å²) in [6, 6.07) is 7.64. The van der Waals surface area contributed by atoms with E-state index in [0.717, 1.165) is 0 Å². The molecule has 1 aromatic carbocycles. The monoisotopic (exact) mass is 255 g/mol. The SMILES string of the molecule is Cc1ccc(Oc2nc(Cl)c(CO)s2)cc1. The fourth-order valence-corrected chi connectivity index (χ4v) is 2.14. The minimum Gasteiger partial charge on any atom is -0.431 e. The van der Waals surface area contributed by atoms with Gasteiger partial charge in [-0.3, -0.25) is 0 Å². The summed E-state index contributed by atoms with van der Waals surface area (Å²) in [7, 11) is 0. The van der Waals surface area contributed by atoms with Crippen LogP contribution in [-0.2, 0) is 6.61 Å². The van der Waals surface area contributed by atoms with Gasteiger partial charge < -0.3 is 9.84 Å². The molecule has 16 heavy (non-hydrogen) atoms. The minimum absolute atomic E-state index is 0.117. The van der Waals surface area contributed by atoms with Gasteiger partial charge in [0.05, 0.1) is 11.5 Å². The lowest BCUT2D eigenvalue weighted by Crippen LogP contribution is -1.82. The number of nitrogens with zero attached hydrogens (tertiary/aromatic N) is 1. The molecular formula is C11H10ClNO2S. The third-order valence-corrected chi connectivity index (χ3v) is 3.34. The third-order valence-electron chi connectivity index (χ3n) is 2.00. The Hall–Kier alpha value is -1.10. The van der Waals surface area contributed by atoms with Crippen LogP contribution in [-0.4, -0.2) is 10.1 Å². The van der Waals surface area contributed by atoms with E-state index >= 15 is 0 Å². The molecule has 0 aliphatic rings. The first-order valence-electron chi connectivity index (χ1n) is 4.69. The summed E-state index contributed by atoms with van der Waals surface area (Å²) in [6.45, 7) is 1.89.